The first-order valence-electron chi connectivity index (χ1n) is 13.9. The molecule has 9 rings (SSSR count). The summed E-state index contributed by atoms with van der Waals surface area (Å²) in [6.07, 6.45) is 7.33. The number of para-hydroxylation sites is 4. The highest BCUT2D eigenvalue weighted by Crippen LogP contribution is 2.37. The van der Waals surface area contributed by atoms with Crippen LogP contribution in [-0.4, -0.2) is 30.8 Å². The first-order chi connectivity index (χ1) is 20.9. The van der Waals surface area contributed by atoms with Crippen molar-refractivity contribution in [1.82, 2.24) is 19.1 Å². The topological polar surface area (TPSA) is 60.4 Å². The Kier molecular flexibility index (Phi) is 4.80. The van der Waals surface area contributed by atoms with Crippen LogP contribution in [0.4, 0.5) is 11.4 Å². The van der Waals surface area contributed by atoms with Crippen LogP contribution in [0.1, 0.15) is 11.1 Å². The summed E-state index contributed by atoms with van der Waals surface area (Å²) in [4.78, 5) is 19.9. The van der Waals surface area contributed by atoms with E-state index in [2.05, 4.69) is 116 Å². The molecular weight excluding hydrogens is 516 g/mol. The minimum absolute atomic E-state index is 0.771. The average molecular weight is 539 g/mol. The Labute approximate surface area is 240 Å². The zero-order valence-electron chi connectivity index (χ0n) is 22.4. The molecule has 0 aliphatic carbocycles. The summed E-state index contributed by atoms with van der Waals surface area (Å²) >= 11 is 0. The minimum atomic E-state index is 0.771. The third-order valence-electron chi connectivity index (χ3n) is 8.11. The number of aliphatic imine (C=N–C) groups is 2. The molecule has 0 saturated heterocycles. The van der Waals surface area contributed by atoms with E-state index in [1.807, 2.05) is 24.5 Å². The standard InChI is InChI=1S/C36H22N6/c1-5-13-31-23(9-1)24-10-2-6-14-32(24)41(31)35-27-21-37-19-17-29(27)40-36(28-22-38-20-18-30(28)39-35)42-33-15-7-3-11-25(33)26-12-4-8-16-34(26)42/h1-22H/b35-27?,36-28?,39-30?,39-35+,40-29?,40-36+. The Hall–Kier alpha value is -5.88. The second-order valence-corrected chi connectivity index (χ2v) is 10.4. The van der Waals surface area contributed by atoms with Crippen LogP contribution in [0.3, 0.4) is 0 Å². The molecule has 6 nitrogen and oxygen atoms in total. The Balaban J connectivity index is 1.41. The molecule has 6 heteroatoms. The molecule has 4 aromatic heterocycles. The molecule has 0 saturated carbocycles. The van der Waals surface area contributed by atoms with Crippen molar-refractivity contribution in [3.8, 4) is 0 Å². The minimum Gasteiger partial charge on any atom is -0.293 e. The zero-order valence-corrected chi connectivity index (χ0v) is 22.4. The SMILES string of the molecule is c1ccc2c(c1)c1ccccc1n2/C1=N/c2ccncc2/C(n2c3ccccc3c3ccccc32)=N\c2ccncc21. The van der Waals surface area contributed by atoms with Gasteiger partial charge in [0.15, 0.2) is 0 Å². The van der Waals surface area contributed by atoms with E-state index in [-0.39, 0.29) is 0 Å². The smallest absolute Gasteiger partial charge is 0.149 e. The number of rotatable bonds is 0. The molecule has 0 unspecified atom stereocenters. The van der Waals surface area contributed by atoms with Crippen LogP contribution in [-0.2, 0) is 0 Å². The lowest BCUT2D eigenvalue weighted by Gasteiger charge is -2.20. The quantitative estimate of drug-likeness (QED) is 0.195. The van der Waals surface area contributed by atoms with E-state index in [9.17, 15) is 0 Å². The molecule has 42 heavy (non-hydrogen) atoms. The molecule has 5 heterocycles. The lowest BCUT2D eigenvalue weighted by atomic mass is 10.1. The molecular formula is C36H22N6. The Bertz CT molecular complexity index is 2150. The molecule has 0 spiro atoms. The van der Waals surface area contributed by atoms with Gasteiger partial charge in [-0.1, -0.05) is 72.8 Å². The van der Waals surface area contributed by atoms with Gasteiger partial charge in [0.05, 0.1) is 44.6 Å². The maximum Gasteiger partial charge on any atom is 0.149 e. The average Bonchev–Trinajstić information content (AvgIpc) is 3.55. The molecule has 196 valence electrons. The molecule has 4 aromatic carbocycles. The van der Waals surface area contributed by atoms with Gasteiger partial charge in [0.25, 0.3) is 0 Å². The van der Waals surface area contributed by atoms with E-state index in [4.69, 9.17) is 9.98 Å². The predicted molar refractivity (Wildman–Crippen MR) is 171 cm³/mol. The van der Waals surface area contributed by atoms with Crippen LogP contribution < -0.4 is 0 Å². The predicted octanol–water partition coefficient (Wildman–Crippen LogP) is 8.26. The molecule has 1 aliphatic rings. The number of pyridine rings is 2. The number of hydrogen-bond acceptors (Lipinski definition) is 4. The van der Waals surface area contributed by atoms with Gasteiger partial charge in [-0.25, -0.2) is 9.98 Å². The highest BCUT2D eigenvalue weighted by atomic mass is 15.1. The highest BCUT2D eigenvalue weighted by molar-refractivity contribution is 6.23. The number of nitrogens with zero attached hydrogens (tertiary/aromatic N) is 6. The lowest BCUT2D eigenvalue weighted by Crippen LogP contribution is -2.19. The van der Waals surface area contributed by atoms with Gasteiger partial charge in [0.2, 0.25) is 0 Å². The van der Waals surface area contributed by atoms with Crippen molar-refractivity contribution in [1.29, 1.82) is 0 Å². The summed E-state index contributed by atoms with van der Waals surface area (Å²) < 4.78 is 4.46. The van der Waals surface area contributed by atoms with Crippen LogP contribution in [0.15, 0.2) is 144 Å². The Morgan fingerprint density at radius 3 is 1.07 bits per heavy atom. The van der Waals surface area contributed by atoms with E-state index in [0.29, 0.717) is 0 Å². The summed E-state index contributed by atoms with van der Waals surface area (Å²) in [6.45, 7) is 0. The second-order valence-electron chi connectivity index (χ2n) is 10.4. The fourth-order valence-electron chi connectivity index (χ4n) is 6.30. The zero-order chi connectivity index (χ0) is 27.6. The van der Waals surface area contributed by atoms with Crippen molar-refractivity contribution in [3.05, 3.63) is 145 Å². The van der Waals surface area contributed by atoms with Gasteiger partial charge in [-0.2, -0.15) is 0 Å². The molecule has 0 fully saturated rings. The van der Waals surface area contributed by atoms with Gasteiger partial charge >= 0.3 is 0 Å². The van der Waals surface area contributed by atoms with Crippen molar-refractivity contribution >= 4 is 66.7 Å². The van der Waals surface area contributed by atoms with Crippen LogP contribution in [0.25, 0.3) is 43.6 Å². The van der Waals surface area contributed by atoms with Crippen LogP contribution in [0.5, 0.6) is 0 Å². The molecule has 8 aromatic rings. The van der Waals surface area contributed by atoms with Gasteiger partial charge in [0, 0.05) is 46.3 Å². The molecule has 1 aliphatic heterocycles. The summed E-state index contributed by atoms with van der Waals surface area (Å²) in [5.74, 6) is 1.54. The molecule has 0 bridgehead atoms. The largest absolute Gasteiger partial charge is 0.293 e. The van der Waals surface area contributed by atoms with Crippen LogP contribution in [0.2, 0.25) is 0 Å². The number of aromatic nitrogens is 4. The maximum atomic E-state index is 5.41. The van der Waals surface area contributed by atoms with E-state index in [0.717, 1.165) is 56.2 Å². The van der Waals surface area contributed by atoms with Crippen LogP contribution in [0, 0.1) is 0 Å². The third-order valence-corrected chi connectivity index (χ3v) is 8.11. The summed E-state index contributed by atoms with van der Waals surface area (Å²) in [5.41, 5.74) is 7.60. The van der Waals surface area contributed by atoms with Crippen molar-refractivity contribution in [2.24, 2.45) is 9.98 Å². The molecule has 0 radical (unpaired) electrons. The van der Waals surface area contributed by atoms with Gasteiger partial charge in [-0.15, -0.1) is 0 Å². The van der Waals surface area contributed by atoms with Gasteiger partial charge in [-0.05, 0) is 36.4 Å². The van der Waals surface area contributed by atoms with Gasteiger partial charge in [-0.3, -0.25) is 19.1 Å². The number of hydrogen-bond donors (Lipinski definition) is 0. The molecule has 0 N–H and O–H groups in total. The number of fused-ring (bicyclic) bond motifs is 8. The number of benzene rings is 4. The van der Waals surface area contributed by atoms with Gasteiger partial charge < -0.3 is 0 Å². The Morgan fingerprint density at radius 1 is 0.381 bits per heavy atom. The molecule has 0 atom stereocenters. The van der Waals surface area contributed by atoms with Crippen LogP contribution >= 0.6 is 0 Å². The first-order valence-corrected chi connectivity index (χ1v) is 13.9. The fraction of sp³-hybridized carbons (Fsp3) is 0. The fourth-order valence-corrected chi connectivity index (χ4v) is 6.30. The van der Waals surface area contributed by atoms with Crippen molar-refractivity contribution < 1.29 is 0 Å². The summed E-state index contributed by atoms with van der Waals surface area (Å²) in [5, 5.41) is 4.70. The van der Waals surface area contributed by atoms with Gasteiger partial charge in [0.1, 0.15) is 11.7 Å². The Morgan fingerprint density at radius 2 is 0.714 bits per heavy atom. The van der Waals surface area contributed by atoms with E-state index in [1.165, 1.54) is 21.5 Å². The third kappa shape index (κ3) is 3.20. The highest BCUT2D eigenvalue weighted by Gasteiger charge is 2.25. The van der Waals surface area contributed by atoms with E-state index < -0.39 is 0 Å². The van der Waals surface area contributed by atoms with E-state index in [1.54, 1.807) is 12.4 Å². The first kappa shape index (κ1) is 22.9. The van der Waals surface area contributed by atoms with E-state index >= 15 is 0 Å². The lowest BCUT2D eigenvalue weighted by molar-refractivity contribution is 1.17. The second kappa shape index (κ2) is 8.81. The van der Waals surface area contributed by atoms with Crippen molar-refractivity contribution in [2.75, 3.05) is 0 Å². The van der Waals surface area contributed by atoms with Crippen molar-refractivity contribution in [2.45, 2.75) is 0 Å². The summed E-state index contributed by atoms with van der Waals surface area (Å²) in [6, 6.07) is 37.8. The van der Waals surface area contributed by atoms with Crippen molar-refractivity contribution in [3.63, 3.8) is 0 Å². The maximum absolute atomic E-state index is 5.41. The normalized spacial score (nSPS) is 15.5. The monoisotopic (exact) mass is 538 g/mol. The molecule has 0 amide bonds. The summed E-state index contributed by atoms with van der Waals surface area (Å²) in [7, 11) is 0.